The summed E-state index contributed by atoms with van der Waals surface area (Å²) < 4.78 is 75.0. The Hall–Kier alpha value is -4.67. The van der Waals surface area contributed by atoms with E-state index in [4.69, 9.17) is 4.74 Å². The summed E-state index contributed by atoms with van der Waals surface area (Å²) in [5.41, 5.74) is -2.12. The predicted molar refractivity (Wildman–Crippen MR) is 184 cm³/mol. The highest BCUT2D eigenvalue weighted by Gasteiger charge is 2.62. The largest absolute Gasteiger partial charge is 0.446 e. The van der Waals surface area contributed by atoms with Gasteiger partial charge in [-0.3, -0.25) is 24.4 Å². The van der Waals surface area contributed by atoms with Crippen LogP contribution in [-0.2, 0) is 35.3 Å². The number of ether oxygens (including phenoxy) is 1. The monoisotopic (exact) mass is 748 g/mol. The summed E-state index contributed by atoms with van der Waals surface area (Å²) in [6.07, 6.45) is 0.782. The van der Waals surface area contributed by atoms with Crippen molar-refractivity contribution in [1.82, 2.24) is 24.7 Å². The number of aryl methyl sites for hydroxylation is 1. The van der Waals surface area contributed by atoms with E-state index in [1.165, 1.54) is 21.9 Å². The number of allylic oxidation sites excluding steroid dienone is 1. The summed E-state index contributed by atoms with van der Waals surface area (Å²) in [6, 6.07) is 4.41. The number of alkyl halides is 3. The molecule has 282 valence electrons. The van der Waals surface area contributed by atoms with Crippen LogP contribution in [0.2, 0.25) is 0 Å². The molecule has 52 heavy (non-hydrogen) atoms. The zero-order valence-electron chi connectivity index (χ0n) is 28.9. The maximum absolute atomic E-state index is 13.9. The second-order valence-electron chi connectivity index (χ2n) is 13.7. The van der Waals surface area contributed by atoms with Crippen molar-refractivity contribution in [2.45, 2.75) is 81.4 Å². The normalized spacial score (nSPS) is 24.0. The molecule has 0 radical (unpaired) electrons. The zero-order chi connectivity index (χ0) is 38.0. The number of anilines is 1. The lowest BCUT2D eigenvalue weighted by Crippen LogP contribution is -2.54. The predicted octanol–water partition coefficient (Wildman–Crippen LogP) is 4.63. The third-order valence-corrected chi connectivity index (χ3v) is 11.6. The Balaban J connectivity index is 1.35. The van der Waals surface area contributed by atoms with Gasteiger partial charge in [0.2, 0.25) is 21.8 Å². The van der Waals surface area contributed by atoms with Gasteiger partial charge in [-0.2, -0.15) is 18.3 Å². The Morgan fingerprint density at radius 3 is 2.42 bits per heavy atom. The molecule has 3 fully saturated rings. The number of unbranched alkanes of at least 4 members (excludes halogenated alkanes) is 2. The number of nitrogens with zero attached hydrogens (tertiary/aromatic N) is 3. The van der Waals surface area contributed by atoms with Gasteiger partial charge in [0.25, 0.3) is 5.91 Å². The molecule has 1 heterocycles. The summed E-state index contributed by atoms with van der Waals surface area (Å²) in [5, 5.41) is 8.62. The number of sulfonamides is 1. The van der Waals surface area contributed by atoms with E-state index in [9.17, 15) is 40.8 Å². The van der Waals surface area contributed by atoms with Gasteiger partial charge in [-0.05, 0) is 82.6 Å². The van der Waals surface area contributed by atoms with Crippen LogP contribution in [0.3, 0.4) is 0 Å². The second kappa shape index (κ2) is 15.1. The lowest BCUT2D eigenvalue weighted by molar-refractivity contribution is -0.140. The van der Waals surface area contributed by atoms with Crippen molar-refractivity contribution >= 4 is 39.5 Å². The molecule has 5 atom stereocenters. The fourth-order valence-electron chi connectivity index (χ4n) is 6.56. The van der Waals surface area contributed by atoms with E-state index < -0.39 is 80.2 Å². The molecule has 3 aliphatic rings. The van der Waals surface area contributed by atoms with Crippen molar-refractivity contribution in [3.8, 4) is 5.69 Å². The number of hydrogen-bond donors (Lipinski definition) is 3. The lowest BCUT2D eigenvalue weighted by Gasteiger charge is -2.26. The standard InChI is InChI=1S/C35H43F3N6O7S/c1-5-7-8-9-15-43(4)31(46)27-19-24(18-26(27)30(45)40-34(20-22(34)6-2)32(47)42-52(49,50)25-11-12-25)51-33(48)39-28-17-23(35(36,37)38)10-13-29(28)44-16-14-21(3)41-44/h5-6,10,13-14,16-17,22,24-27H,1-2,7-9,11-12,15,18-20H2,3-4H3,(H,39,48)(H,40,45)(H,42,47). The molecular formula is C35H43F3N6O7S. The van der Waals surface area contributed by atoms with Gasteiger partial charge in [0.15, 0.2) is 0 Å². The fourth-order valence-corrected chi connectivity index (χ4v) is 7.93. The van der Waals surface area contributed by atoms with Crippen LogP contribution < -0.4 is 15.4 Å². The average molecular weight is 749 g/mol. The molecule has 0 spiro atoms. The summed E-state index contributed by atoms with van der Waals surface area (Å²) in [5.74, 6) is -4.64. The minimum Gasteiger partial charge on any atom is -0.446 e. The molecule has 1 aromatic heterocycles. The van der Waals surface area contributed by atoms with Crippen LogP contribution in [0.1, 0.15) is 62.6 Å². The summed E-state index contributed by atoms with van der Waals surface area (Å²) >= 11 is 0. The van der Waals surface area contributed by atoms with Crippen molar-refractivity contribution in [2.75, 3.05) is 18.9 Å². The number of nitrogens with one attached hydrogen (secondary N) is 3. The van der Waals surface area contributed by atoms with Crippen molar-refractivity contribution in [1.29, 1.82) is 0 Å². The molecular weight excluding hydrogens is 705 g/mol. The molecule has 3 N–H and O–H groups in total. The smallest absolute Gasteiger partial charge is 0.416 e. The average Bonchev–Trinajstić information content (AvgIpc) is 3.98. The molecule has 1 aromatic carbocycles. The van der Waals surface area contributed by atoms with Gasteiger partial charge in [0.1, 0.15) is 11.6 Å². The van der Waals surface area contributed by atoms with Gasteiger partial charge < -0.3 is 15.0 Å². The van der Waals surface area contributed by atoms with E-state index in [1.54, 1.807) is 26.1 Å². The minimum atomic E-state index is -4.71. The third kappa shape index (κ3) is 8.68. The van der Waals surface area contributed by atoms with E-state index >= 15 is 0 Å². The van der Waals surface area contributed by atoms with Crippen molar-refractivity contribution in [2.24, 2.45) is 17.8 Å². The number of carbonyl (C=O) groups excluding carboxylic acids is 4. The number of rotatable bonds is 15. The van der Waals surface area contributed by atoms with Crippen molar-refractivity contribution in [3.05, 3.63) is 67.0 Å². The van der Waals surface area contributed by atoms with Crippen LogP contribution in [0.15, 0.2) is 55.8 Å². The topological polar surface area (TPSA) is 169 Å². The zero-order valence-corrected chi connectivity index (χ0v) is 29.8. The number of hydrogen-bond acceptors (Lipinski definition) is 8. The molecule has 13 nitrogen and oxygen atoms in total. The highest BCUT2D eigenvalue weighted by molar-refractivity contribution is 7.91. The van der Waals surface area contributed by atoms with Crippen molar-refractivity contribution < 1.29 is 45.5 Å². The van der Waals surface area contributed by atoms with Crippen LogP contribution >= 0.6 is 0 Å². The minimum absolute atomic E-state index is 0.0880. The van der Waals surface area contributed by atoms with Crippen LogP contribution in [0.5, 0.6) is 0 Å². The summed E-state index contributed by atoms with van der Waals surface area (Å²) in [6.45, 7) is 9.46. The maximum Gasteiger partial charge on any atom is 0.416 e. The maximum atomic E-state index is 13.9. The van der Waals surface area contributed by atoms with Gasteiger partial charge in [-0.25, -0.2) is 17.9 Å². The first-order chi connectivity index (χ1) is 24.5. The van der Waals surface area contributed by atoms with Gasteiger partial charge in [0.05, 0.1) is 39.7 Å². The van der Waals surface area contributed by atoms with E-state index in [-0.39, 0.29) is 30.6 Å². The van der Waals surface area contributed by atoms with E-state index in [2.05, 4.69) is 33.6 Å². The van der Waals surface area contributed by atoms with Crippen LogP contribution in [0.4, 0.5) is 23.7 Å². The summed E-state index contributed by atoms with van der Waals surface area (Å²) in [4.78, 5) is 55.7. The molecule has 2 aromatic rings. The molecule has 0 bridgehead atoms. The molecule has 17 heteroatoms. The van der Waals surface area contributed by atoms with Gasteiger partial charge in [0, 0.05) is 25.7 Å². The van der Waals surface area contributed by atoms with Crippen molar-refractivity contribution in [3.63, 3.8) is 0 Å². The molecule has 3 aliphatic carbocycles. The Morgan fingerprint density at radius 2 is 1.83 bits per heavy atom. The van der Waals surface area contributed by atoms with E-state index in [0.717, 1.165) is 31.0 Å². The molecule has 3 saturated carbocycles. The van der Waals surface area contributed by atoms with E-state index in [0.29, 0.717) is 31.5 Å². The molecule has 5 unspecified atom stereocenters. The number of benzene rings is 1. The Bertz CT molecular complexity index is 1840. The highest BCUT2D eigenvalue weighted by atomic mass is 32.2. The highest BCUT2D eigenvalue weighted by Crippen LogP contribution is 2.46. The first kappa shape index (κ1) is 38.6. The molecule has 5 rings (SSSR count). The number of halogens is 3. The lowest BCUT2D eigenvalue weighted by atomic mass is 9.93. The molecule has 0 saturated heterocycles. The molecule has 4 amide bonds. The number of aromatic nitrogens is 2. The first-order valence-electron chi connectivity index (χ1n) is 17.1. The van der Waals surface area contributed by atoms with Gasteiger partial charge >= 0.3 is 12.3 Å². The Labute approximate surface area is 300 Å². The van der Waals surface area contributed by atoms with Gasteiger partial charge in [-0.15, -0.1) is 13.2 Å². The van der Waals surface area contributed by atoms with Gasteiger partial charge in [-0.1, -0.05) is 12.2 Å². The fraction of sp³-hybridized carbons (Fsp3) is 0.514. The van der Waals surface area contributed by atoms with Crippen LogP contribution in [0, 0.1) is 24.7 Å². The number of carbonyl (C=O) groups is 4. The quantitative estimate of drug-likeness (QED) is 0.175. The van der Waals surface area contributed by atoms with E-state index in [1.807, 2.05) is 0 Å². The molecule has 0 aliphatic heterocycles. The van der Waals surface area contributed by atoms with Crippen LogP contribution in [-0.4, -0.2) is 77.4 Å². The Morgan fingerprint density at radius 1 is 1.12 bits per heavy atom. The summed E-state index contributed by atoms with van der Waals surface area (Å²) in [7, 11) is -2.34. The second-order valence-corrected chi connectivity index (χ2v) is 15.7. The Kier molecular flexibility index (Phi) is 11.2. The first-order valence-corrected chi connectivity index (χ1v) is 18.6. The third-order valence-electron chi connectivity index (χ3n) is 9.75. The van der Waals surface area contributed by atoms with Crippen LogP contribution in [0.25, 0.3) is 5.69 Å². The SMILES string of the molecule is C=CCCCCN(C)C(=O)C1CC(OC(=O)Nc2cc(C(F)(F)F)ccc2-n2ccc(C)n2)CC1C(=O)NC1(C(=O)NS(=O)(=O)C2CC2)CC1C=C. The number of amides is 4.